The molecule has 2 aromatic heterocycles. The minimum absolute atomic E-state index is 0.000802. The number of nitrogens with zero attached hydrogens (tertiary/aromatic N) is 2. The Morgan fingerprint density at radius 3 is 2.41 bits per heavy atom. The van der Waals surface area contributed by atoms with E-state index in [0.717, 1.165) is 5.56 Å². The minimum Gasteiger partial charge on any atom is -0.352 e. The number of amides is 2. The van der Waals surface area contributed by atoms with Crippen LogP contribution in [-0.4, -0.2) is 34.9 Å². The number of thiophene rings is 1. The van der Waals surface area contributed by atoms with E-state index in [1.54, 1.807) is 29.1 Å². The predicted molar refractivity (Wildman–Crippen MR) is 108 cm³/mol. The van der Waals surface area contributed by atoms with Crippen LogP contribution in [0.1, 0.15) is 60.0 Å². The topological polar surface area (TPSA) is 71.4 Å². The highest BCUT2D eigenvalue weighted by Crippen LogP contribution is 2.12. The molecule has 0 bridgehead atoms. The van der Waals surface area contributed by atoms with Gasteiger partial charge < -0.3 is 14.8 Å². The Balaban J connectivity index is 2.38. The van der Waals surface area contributed by atoms with Gasteiger partial charge >= 0.3 is 0 Å². The maximum absolute atomic E-state index is 12.9. The molecule has 0 unspecified atom stereocenters. The van der Waals surface area contributed by atoms with E-state index in [4.69, 9.17) is 0 Å². The summed E-state index contributed by atoms with van der Waals surface area (Å²) in [7, 11) is 1.66. The highest BCUT2D eigenvalue weighted by atomic mass is 32.1. The Morgan fingerprint density at radius 1 is 1.19 bits per heavy atom. The largest absolute Gasteiger partial charge is 0.352 e. The molecule has 2 rings (SSSR count). The van der Waals surface area contributed by atoms with E-state index in [0.29, 0.717) is 13.1 Å². The van der Waals surface area contributed by atoms with Gasteiger partial charge in [0.2, 0.25) is 5.43 Å². The fourth-order valence-electron chi connectivity index (χ4n) is 2.54. The van der Waals surface area contributed by atoms with Crippen LogP contribution in [0.25, 0.3) is 0 Å². The summed E-state index contributed by atoms with van der Waals surface area (Å²) in [5.41, 5.74) is 0.485. The van der Waals surface area contributed by atoms with Crippen LogP contribution in [0, 0.1) is 5.92 Å². The molecule has 6 nitrogen and oxygen atoms in total. The summed E-state index contributed by atoms with van der Waals surface area (Å²) in [6.45, 7) is 8.70. The first-order valence-electron chi connectivity index (χ1n) is 9.01. The summed E-state index contributed by atoms with van der Waals surface area (Å²) in [6.07, 6.45) is 3.07. The molecule has 0 atom stereocenters. The molecular weight excluding hydrogens is 362 g/mol. The average molecular weight is 390 g/mol. The van der Waals surface area contributed by atoms with Crippen molar-refractivity contribution in [3.8, 4) is 0 Å². The van der Waals surface area contributed by atoms with E-state index in [1.165, 1.54) is 11.1 Å². The lowest BCUT2D eigenvalue weighted by atomic mass is 10.1. The molecule has 0 aliphatic rings. The van der Waals surface area contributed by atoms with E-state index in [1.807, 2.05) is 44.5 Å². The molecule has 2 aromatic rings. The van der Waals surface area contributed by atoms with Gasteiger partial charge in [0, 0.05) is 38.6 Å². The smallest absolute Gasteiger partial charge is 0.259 e. The van der Waals surface area contributed by atoms with Gasteiger partial charge in [0.1, 0.15) is 11.1 Å². The lowest BCUT2D eigenvalue weighted by Crippen LogP contribution is -2.37. The van der Waals surface area contributed by atoms with Gasteiger partial charge in [-0.15, -0.1) is 0 Å². The van der Waals surface area contributed by atoms with Crippen molar-refractivity contribution in [2.45, 2.75) is 40.3 Å². The van der Waals surface area contributed by atoms with Gasteiger partial charge in [-0.25, -0.2) is 0 Å². The molecule has 146 valence electrons. The molecule has 27 heavy (non-hydrogen) atoms. The predicted octanol–water partition coefficient (Wildman–Crippen LogP) is 3.15. The minimum atomic E-state index is -0.532. The molecule has 0 aliphatic heterocycles. The second-order valence-electron chi connectivity index (χ2n) is 7.35. The molecular formula is C20H27N3O3S. The first-order chi connectivity index (χ1) is 12.7. The molecule has 0 saturated carbocycles. The third-order valence-electron chi connectivity index (χ3n) is 4.13. The summed E-state index contributed by atoms with van der Waals surface area (Å²) < 4.78 is 1.73. The van der Waals surface area contributed by atoms with Gasteiger partial charge in [0.25, 0.3) is 11.8 Å². The van der Waals surface area contributed by atoms with Crippen LogP contribution in [0.5, 0.6) is 0 Å². The third-order valence-corrected chi connectivity index (χ3v) is 4.87. The number of carbonyl (C=O) groups excluding carboxylic acids is 2. The first kappa shape index (κ1) is 20.9. The normalized spacial score (nSPS) is 11.1. The first-order valence-corrected chi connectivity index (χ1v) is 9.95. The second kappa shape index (κ2) is 8.99. The molecule has 0 aliphatic carbocycles. The fraction of sp³-hybridized carbons (Fsp3) is 0.450. The zero-order chi connectivity index (χ0) is 20.1. The van der Waals surface area contributed by atoms with Crippen LogP contribution < -0.4 is 10.7 Å². The van der Waals surface area contributed by atoms with Crippen molar-refractivity contribution >= 4 is 23.2 Å². The Morgan fingerprint density at radius 2 is 1.85 bits per heavy atom. The van der Waals surface area contributed by atoms with E-state index < -0.39 is 11.3 Å². The van der Waals surface area contributed by atoms with Gasteiger partial charge in [-0.1, -0.05) is 13.8 Å². The number of carbonyl (C=O) groups is 2. The molecule has 1 N–H and O–H groups in total. The molecule has 0 aromatic carbocycles. The molecule has 0 saturated heterocycles. The van der Waals surface area contributed by atoms with Crippen LogP contribution in [0.3, 0.4) is 0 Å². The van der Waals surface area contributed by atoms with E-state index in [-0.39, 0.29) is 29.0 Å². The highest BCUT2D eigenvalue weighted by molar-refractivity contribution is 7.07. The van der Waals surface area contributed by atoms with Gasteiger partial charge in [-0.3, -0.25) is 14.4 Å². The number of pyridine rings is 1. The maximum atomic E-state index is 12.9. The number of hydrogen-bond acceptors (Lipinski definition) is 4. The van der Waals surface area contributed by atoms with Crippen molar-refractivity contribution in [2.24, 2.45) is 5.92 Å². The van der Waals surface area contributed by atoms with Crippen molar-refractivity contribution in [1.29, 1.82) is 0 Å². The maximum Gasteiger partial charge on any atom is 0.259 e. The summed E-state index contributed by atoms with van der Waals surface area (Å²) in [4.78, 5) is 39.7. The SMILES string of the molecule is CC(C)CNC(=O)c1cn(C(C)C)cc(C(=O)N(C)Cc2ccsc2)c1=O. The summed E-state index contributed by atoms with van der Waals surface area (Å²) in [5.74, 6) is -0.569. The molecule has 0 spiro atoms. The van der Waals surface area contributed by atoms with Crippen LogP contribution in [0.4, 0.5) is 0 Å². The van der Waals surface area contributed by atoms with E-state index >= 15 is 0 Å². The number of rotatable bonds is 7. The number of aromatic nitrogens is 1. The molecule has 0 fully saturated rings. The summed E-state index contributed by atoms with van der Waals surface area (Å²) in [6, 6.07) is 1.95. The standard InChI is InChI=1S/C20H27N3O3S/c1-13(2)8-21-19(25)16-10-23(14(3)4)11-17(18(16)24)20(26)22(5)9-15-6-7-27-12-15/h6-7,10-14H,8-9H2,1-5H3,(H,21,25). The average Bonchev–Trinajstić information content (AvgIpc) is 3.11. The lowest BCUT2D eigenvalue weighted by Gasteiger charge is -2.19. The quantitative estimate of drug-likeness (QED) is 0.791. The fourth-order valence-corrected chi connectivity index (χ4v) is 3.20. The van der Waals surface area contributed by atoms with Gasteiger partial charge in [-0.05, 0) is 42.2 Å². The molecule has 2 amide bonds. The summed E-state index contributed by atoms with van der Waals surface area (Å²) in [5, 5.41) is 6.67. The Hall–Kier alpha value is -2.41. The van der Waals surface area contributed by atoms with Crippen molar-refractivity contribution in [3.05, 3.63) is 56.1 Å². The molecule has 7 heteroatoms. The Labute approximate surface area is 163 Å². The van der Waals surface area contributed by atoms with Crippen molar-refractivity contribution < 1.29 is 9.59 Å². The molecule has 0 radical (unpaired) electrons. The highest BCUT2D eigenvalue weighted by Gasteiger charge is 2.22. The zero-order valence-electron chi connectivity index (χ0n) is 16.5. The summed E-state index contributed by atoms with van der Waals surface area (Å²) >= 11 is 1.56. The zero-order valence-corrected chi connectivity index (χ0v) is 17.3. The van der Waals surface area contributed by atoms with Crippen molar-refractivity contribution in [2.75, 3.05) is 13.6 Å². The van der Waals surface area contributed by atoms with Gasteiger partial charge in [0.05, 0.1) is 0 Å². The van der Waals surface area contributed by atoms with E-state index in [9.17, 15) is 14.4 Å². The van der Waals surface area contributed by atoms with Crippen LogP contribution >= 0.6 is 11.3 Å². The Bertz CT molecular complexity index is 854. The Kier molecular flexibility index (Phi) is 6.96. The lowest BCUT2D eigenvalue weighted by molar-refractivity contribution is 0.0783. The van der Waals surface area contributed by atoms with E-state index in [2.05, 4.69) is 5.32 Å². The number of nitrogens with one attached hydrogen (secondary N) is 1. The molecule has 2 heterocycles. The van der Waals surface area contributed by atoms with Crippen LogP contribution in [-0.2, 0) is 6.54 Å². The van der Waals surface area contributed by atoms with Crippen molar-refractivity contribution in [3.63, 3.8) is 0 Å². The second-order valence-corrected chi connectivity index (χ2v) is 8.13. The monoisotopic (exact) mass is 389 g/mol. The van der Waals surface area contributed by atoms with Gasteiger partial charge in [-0.2, -0.15) is 11.3 Å². The van der Waals surface area contributed by atoms with Crippen molar-refractivity contribution in [1.82, 2.24) is 14.8 Å². The third kappa shape index (κ3) is 5.29. The van der Waals surface area contributed by atoms with Gasteiger partial charge in [0.15, 0.2) is 0 Å². The number of hydrogen-bond donors (Lipinski definition) is 1. The van der Waals surface area contributed by atoms with Crippen LogP contribution in [0.15, 0.2) is 34.0 Å². The van der Waals surface area contributed by atoms with Crippen LogP contribution in [0.2, 0.25) is 0 Å².